The molecule has 2 N–H and O–H groups in total. The van der Waals surface area contributed by atoms with Crippen LogP contribution in [0.4, 0.5) is 11.5 Å². The lowest BCUT2D eigenvalue weighted by Crippen LogP contribution is -2.47. The molecule has 3 rings (SSSR count). The van der Waals surface area contributed by atoms with E-state index in [0.29, 0.717) is 11.9 Å². The third-order valence-electron chi connectivity index (χ3n) is 4.37. The average Bonchev–Trinajstić information content (AvgIpc) is 2.39. The number of fused-ring (bicyclic) bond motifs is 1. The molecule has 1 aliphatic carbocycles. The Labute approximate surface area is 103 Å². The molecule has 3 heteroatoms. The number of rotatable bonds is 1. The minimum Gasteiger partial charge on any atom is -0.382 e. The first-order chi connectivity index (χ1) is 8.36. The molecule has 3 nitrogen and oxygen atoms in total. The van der Waals surface area contributed by atoms with Gasteiger partial charge in [-0.05, 0) is 43.7 Å². The van der Waals surface area contributed by atoms with Gasteiger partial charge in [0.1, 0.15) is 5.82 Å². The summed E-state index contributed by atoms with van der Waals surface area (Å²) in [6.07, 6.45) is 10.0. The van der Waals surface area contributed by atoms with Crippen LogP contribution in [0.1, 0.15) is 38.5 Å². The molecule has 2 unspecified atom stereocenters. The minimum atomic E-state index is 0.693. The van der Waals surface area contributed by atoms with Crippen molar-refractivity contribution >= 4 is 11.5 Å². The molecule has 1 aromatic rings. The molecule has 0 aromatic carbocycles. The summed E-state index contributed by atoms with van der Waals surface area (Å²) in [4.78, 5) is 6.75. The number of anilines is 2. The normalized spacial score (nSPS) is 28.8. The highest BCUT2D eigenvalue weighted by Gasteiger charge is 2.33. The lowest BCUT2D eigenvalue weighted by Gasteiger charge is -2.45. The Morgan fingerprint density at radius 3 is 2.88 bits per heavy atom. The summed E-state index contributed by atoms with van der Waals surface area (Å²) in [6, 6.07) is 4.83. The molecule has 1 aromatic heterocycles. The van der Waals surface area contributed by atoms with E-state index in [-0.39, 0.29) is 0 Å². The van der Waals surface area contributed by atoms with Crippen LogP contribution in [0.2, 0.25) is 0 Å². The van der Waals surface area contributed by atoms with Gasteiger partial charge in [-0.25, -0.2) is 4.98 Å². The molecular weight excluding hydrogens is 210 g/mol. The van der Waals surface area contributed by atoms with Gasteiger partial charge in [0.25, 0.3) is 0 Å². The molecular formula is C14H21N3. The summed E-state index contributed by atoms with van der Waals surface area (Å²) >= 11 is 0. The van der Waals surface area contributed by atoms with Crippen molar-refractivity contribution in [2.75, 3.05) is 17.2 Å². The molecule has 0 bridgehead atoms. The molecule has 0 spiro atoms. The number of pyridine rings is 1. The fourth-order valence-electron chi connectivity index (χ4n) is 3.58. The van der Waals surface area contributed by atoms with E-state index >= 15 is 0 Å². The number of nitrogen functional groups attached to an aromatic ring is 1. The Morgan fingerprint density at radius 2 is 2.00 bits per heavy atom. The minimum absolute atomic E-state index is 0.693. The third-order valence-corrected chi connectivity index (χ3v) is 4.37. The van der Waals surface area contributed by atoms with E-state index in [4.69, 9.17) is 5.73 Å². The van der Waals surface area contributed by atoms with Crippen LogP contribution in [-0.4, -0.2) is 17.6 Å². The molecule has 2 fully saturated rings. The number of nitrogens with zero attached hydrogens (tertiary/aromatic N) is 2. The van der Waals surface area contributed by atoms with Crippen LogP contribution in [0.15, 0.2) is 18.3 Å². The van der Waals surface area contributed by atoms with Gasteiger partial charge in [-0.2, -0.15) is 0 Å². The molecule has 92 valence electrons. The summed E-state index contributed by atoms with van der Waals surface area (Å²) in [5.41, 5.74) is 7.18. The first-order valence-corrected chi connectivity index (χ1v) is 6.83. The highest BCUT2D eigenvalue weighted by Crippen LogP contribution is 2.38. The van der Waals surface area contributed by atoms with Gasteiger partial charge in [0, 0.05) is 18.8 Å². The zero-order chi connectivity index (χ0) is 11.7. The summed E-state index contributed by atoms with van der Waals surface area (Å²) in [7, 11) is 0. The SMILES string of the molecule is Nc1ncccc1N1CCCC2CCCCC21. The number of hydrogen-bond donors (Lipinski definition) is 1. The first-order valence-electron chi connectivity index (χ1n) is 6.83. The maximum Gasteiger partial charge on any atom is 0.146 e. The Balaban J connectivity index is 1.88. The van der Waals surface area contributed by atoms with E-state index in [1.165, 1.54) is 38.5 Å². The molecule has 2 heterocycles. The number of hydrogen-bond acceptors (Lipinski definition) is 3. The molecule has 1 saturated carbocycles. The number of piperidine rings is 1. The lowest BCUT2D eigenvalue weighted by atomic mass is 9.78. The summed E-state index contributed by atoms with van der Waals surface area (Å²) < 4.78 is 0. The molecule has 2 aliphatic rings. The third kappa shape index (κ3) is 1.99. The monoisotopic (exact) mass is 231 g/mol. The number of nitrogens with two attached hydrogens (primary N) is 1. The molecule has 17 heavy (non-hydrogen) atoms. The predicted molar refractivity (Wildman–Crippen MR) is 71.0 cm³/mol. The smallest absolute Gasteiger partial charge is 0.146 e. The Bertz CT molecular complexity index is 389. The quantitative estimate of drug-likeness (QED) is 0.808. The van der Waals surface area contributed by atoms with Gasteiger partial charge in [0.2, 0.25) is 0 Å². The van der Waals surface area contributed by atoms with E-state index in [1.54, 1.807) is 6.20 Å². The van der Waals surface area contributed by atoms with Crippen molar-refractivity contribution < 1.29 is 0 Å². The van der Waals surface area contributed by atoms with Crippen LogP contribution in [0.3, 0.4) is 0 Å². The van der Waals surface area contributed by atoms with Crippen molar-refractivity contribution in [3.63, 3.8) is 0 Å². The van der Waals surface area contributed by atoms with Crippen LogP contribution in [0.25, 0.3) is 0 Å². The molecule has 2 atom stereocenters. The lowest BCUT2D eigenvalue weighted by molar-refractivity contribution is 0.244. The highest BCUT2D eigenvalue weighted by molar-refractivity contribution is 5.63. The Hall–Kier alpha value is -1.25. The van der Waals surface area contributed by atoms with Gasteiger partial charge in [-0.1, -0.05) is 12.8 Å². The zero-order valence-corrected chi connectivity index (χ0v) is 10.3. The van der Waals surface area contributed by atoms with Gasteiger partial charge in [-0.15, -0.1) is 0 Å². The Morgan fingerprint density at radius 1 is 1.18 bits per heavy atom. The average molecular weight is 231 g/mol. The van der Waals surface area contributed by atoms with Crippen molar-refractivity contribution in [3.05, 3.63) is 18.3 Å². The van der Waals surface area contributed by atoms with Crippen molar-refractivity contribution in [3.8, 4) is 0 Å². The van der Waals surface area contributed by atoms with Crippen LogP contribution in [0.5, 0.6) is 0 Å². The molecule has 0 amide bonds. The summed E-state index contributed by atoms with van der Waals surface area (Å²) in [5.74, 6) is 1.58. The van der Waals surface area contributed by atoms with Crippen LogP contribution < -0.4 is 10.6 Å². The number of aromatic nitrogens is 1. The van der Waals surface area contributed by atoms with E-state index in [0.717, 1.165) is 18.2 Å². The van der Waals surface area contributed by atoms with Crippen molar-refractivity contribution in [2.24, 2.45) is 5.92 Å². The predicted octanol–water partition coefficient (Wildman–Crippen LogP) is 2.82. The standard InChI is InChI=1S/C14H21N3/c15-14-13(8-3-9-16-14)17-10-4-6-11-5-1-2-7-12(11)17/h3,8-9,11-12H,1-2,4-7,10H2,(H2,15,16). The second-order valence-corrected chi connectivity index (χ2v) is 5.36. The van der Waals surface area contributed by atoms with Crippen LogP contribution >= 0.6 is 0 Å². The van der Waals surface area contributed by atoms with Gasteiger partial charge < -0.3 is 10.6 Å². The molecule has 1 saturated heterocycles. The van der Waals surface area contributed by atoms with Gasteiger partial charge >= 0.3 is 0 Å². The topological polar surface area (TPSA) is 42.1 Å². The maximum absolute atomic E-state index is 6.02. The fourth-order valence-corrected chi connectivity index (χ4v) is 3.58. The zero-order valence-electron chi connectivity index (χ0n) is 10.3. The van der Waals surface area contributed by atoms with Crippen LogP contribution in [0, 0.1) is 5.92 Å². The summed E-state index contributed by atoms with van der Waals surface area (Å²) in [5, 5.41) is 0. The van der Waals surface area contributed by atoms with Gasteiger partial charge in [-0.3, -0.25) is 0 Å². The fraction of sp³-hybridized carbons (Fsp3) is 0.643. The van der Waals surface area contributed by atoms with Crippen molar-refractivity contribution in [2.45, 2.75) is 44.6 Å². The highest BCUT2D eigenvalue weighted by atomic mass is 15.2. The maximum atomic E-state index is 6.02. The van der Waals surface area contributed by atoms with Crippen molar-refractivity contribution in [1.29, 1.82) is 0 Å². The van der Waals surface area contributed by atoms with Gasteiger partial charge in [0.15, 0.2) is 0 Å². The van der Waals surface area contributed by atoms with Gasteiger partial charge in [0.05, 0.1) is 5.69 Å². The molecule has 0 radical (unpaired) electrons. The largest absolute Gasteiger partial charge is 0.382 e. The second-order valence-electron chi connectivity index (χ2n) is 5.36. The first kappa shape index (κ1) is 10.9. The second kappa shape index (κ2) is 4.55. The van der Waals surface area contributed by atoms with Crippen LogP contribution in [-0.2, 0) is 0 Å². The summed E-state index contributed by atoms with van der Waals surface area (Å²) in [6.45, 7) is 1.15. The van der Waals surface area contributed by atoms with Crippen molar-refractivity contribution in [1.82, 2.24) is 4.98 Å². The van der Waals surface area contributed by atoms with E-state index in [9.17, 15) is 0 Å². The Kier molecular flexibility index (Phi) is 2.91. The molecule has 1 aliphatic heterocycles. The van der Waals surface area contributed by atoms with E-state index in [2.05, 4.69) is 16.0 Å². The van der Waals surface area contributed by atoms with E-state index < -0.39 is 0 Å². The van der Waals surface area contributed by atoms with E-state index in [1.807, 2.05) is 6.07 Å².